The number of anilines is 1. The van der Waals surface area contributed by atoms with Crippen molar-refractivity contribution < 1.29 is 9.59 Å². The number of nitrogens with zero attached hydrogens (tertiary/aromatic N) is 2. The normalized spacial score (nSPS) is 13.2. The summed E-state index contributed by atoms with van der Waals surface area (Å²) in [5.74, 6) is 0.0335. The molecule has 0 unspecified atom stereocenters. The van der Waals surface area contributed by atoms with Crippen molar-refractivity contribution in [1.82, 2.24) is 9.88 Å². The molecule has 3 heterocycles. The molecule has 0 spiro atoms. The summed E-state index contributed by atoms with van der Waals surface area (Å²) in [7, 11) is 0. The average Bonchev–Trinajstić information content (AvgIpc) is 3.39. The van der Waals surface area contributed by atoms with Gasteiger partial charge in [0.15, 0.2) is 0 Å². The van der Waals surface area contributed by atoms with Crippen molar-refractivity contribution in [3.05, 3.63) is 64.5 Å². The van der Waals surface area contributed by atoms with Gasteiger partial charge in [-0.25, -0.2) is 4.98 Å². The third-order valence-electron chi connectivity index (χ3n) is 5.79. The molecule has 33 heavy (non-hydrogen) atoms. The number of aromatic nitrogens is 1. The second kappa shape index (κ2) is 9.29. The van der Waals surface area contributed by atoms with E-state index in [9.17, 15) is 9.59 Å². The van der Waals surface area contributed by atoms with Gasteiger partial charge in [-0.1, -0.05) is 24.3 Å². The van der Waals surface area contributed by atoms with Crippen LogP contribution in [0.4, 0.5) is 5.00 Å². The lowest BCUT2D eigenvalue weighted by Gasteiger charge is -2.26. The van der Waals surface area contributed by atoms with E-state index in [0.717, 1.165) is 42.7 Å². The Labute approximate surface area is 204 Å². The summed E-state index contributed by atoms with van der Waals surface area (Å²) in [6.45, 7) is 2.88. The van der Waals surface area contributed by atoms with Gasteiger partial charge in [-0.15, -0.1) is 34.4 Å². The number of fused-ring (bicyclic) bond motifs is 2. The van der Waals surface area contributed by atoms with Gasteiger partial charge < -0.3 is 10.2 Å². The minimum atomic E-state index is -0.0451. The van der Waals surface area contributed by atoms with Gasteiger partial charge in [-0.3, -0.25) is 9.59 Å². The molecule has 0 aliphatic carbocycles. The quantitative estimate of drug-likeness (QED) is 0.355. The molecule has 0 fully saturated rings. The molecular weight excluding hydrogens is 470 g/mol. The van der Waals surface area contributed by atoms with Crippen molar-refractivity contribution in [2.45, 2.75) is 31.2 Å². The number of rotatable bonds is 5. The number of benzene rings is 2. The van der Waals surface area contributed by atoms with Crippen molar-refractivity contribution in [3.63, 3.8) is 0 Å². The van der Waals surface area contributed by atoms with Crippen LogP contribution in [0, 0.1) is 0 Å². The number of nitrogens with one attached hydrogen (secondary N) is 1. The van der Waals surface area contributed by atoms with Crippen molar-refractivity contribution in [3.8, 4) is 10.6 Å². The van der Waals surface area contributed by atoms with Gasteiger partial charge >= 0.3 is 0 Å². The first kappa shape index (κ1) is 22.1. The Morgan fingerprint density at radius 2 is 1.91 bits per heavy atom. The Morgan fingerprint density at radius 1 is 1.12 bits per heavy atom. The Hall–Kier alpha value is -2.68. The van der Waals surface area contributed by atoms with Crippen LogP contribution >= 0.6 is 34.4 Å². The zero-order valence-corrected chi connectivity index (χ0v) is 20.8. The molecule has 0 radical (unpaired) electrons. The summed E-state index contributed by atoms with van der Waals surface area (Å²) in [5, 5.41) is 4.92. The number of thiophene rings is 1. The molecule has 168 valence electrons. The van der Waals surface area contributed by atoms with Crippen LogP contribution in [0.25, 0.3) is 20.8 Å². The molecule has 2 aromatic carbocycles. The number of thiazole rings is 1. The first-order chi connectivity index (χ1) is 16.0. The van der Waals surface area contributed by atoms with Gasteiger partial charge in [0, 0.05) is 28.8 Å². The van der Waals surface area contributed by atoms with Gasteiger partial charge in [-0.2, -0.15) is 0 Å². The molecule has 0 saturated heterocycles. The first-order valence-electron chi connectivity index (χ1n) is 10.7. The standard InChI is InChI=1S/C25H23N3O2S3/c1-15(29)28-12-11-18-21(14-28)33-25(23(18)24-26-19-5-3-4-6-20(19)32-24)27-22(30)13-16-7-9-17(31-2)10-8-16/h3-10H,11-14H2,1-2H3,(H,27,30). The number of carbonyl (C=O) groups is 2. The van der Waals surface area contributed by atoms with Crippen LogP contribution in [0.1, 0.15) is 22.9 Å². The monoisotopic (exact) mass is 493 g/mol. The maximum Gasteiger partial charge on any atom is 0.229 e. The summed E-state index contributed by atoms with van der Waals surface area (Å²) in [4.78, 5) is 34.0. The Bertz CT molecular complexity index is 1310. The maximum absolute atomic E-state index is 13.0. The predicted molar refractivity (Wildman–Crippen MR) is 138 cm³/mol. The van der Waals surface area contributed by atoms with E-state index >= 15 is 0 Å². The molecule has 5 rings (SSSR count). The fraction of sp³-hybridized carbons (Fsp3) is 0.240. The highest BCUT2D eigenvalue weighted by atomic mass is 32.2. The van der Waals surface area contributed by atoms with E-state index in [0.29, 0.717) is 19.5 Å². The lowest BCUT2D eigenvalue weighted by atomic mass is 10.0. The minimum absolute atomic E-state index is 0.0451. The molecule has 8 heteroatoms. The number of carbonyl (C=O) groups excluding carboxylic acids is 2. The zero-order chi connectivity index (χ0) is 22.9. The van der Waals surface area contributed by atoms with Gasteiger partial charge in [-0.05, 0) is 48.1 Å². The molecule has 1 aliphatic rings. The van der Waals surface area contributed by atoms with E-state index in [2.05, 4.69) is 11.4 Å². The highest BCUT2D eigenvalue weighted by Gasteiger charge is 2.28. The van der Waals surface area contributed by atoms with E-state index in [-0.39, 0.29) is 11.8 Å². The lowest BCUT2D eigenvalue weighted by molar-refractivity contribution is -0.129. The molecule has 0 bridgehead atoms. The molecule has 4 aromatic rings. The second-order valence-corrected chi connectivity index (χ2v) is 11.0. The summed E-state index contributed by atoms with van der Waals surface area (Å²) in [5.41, 5.74) is 4.17. The summed E-state index contributed by atoms with van der Waals surface area (Å²) in [6.07, 6.45) is 3.12. The predicted octanol–water partition coefficient (Wildman–Crippen LogP) is 5.83. The smallest absolute Gasteiger partial charge is 0.229 e. The highest BCUT2D eigenvalue weighted by Crippen LogP contribution is 2.45. The molecule has 2 aromatic heterocycles. The fourth-order valence-electron chi connectivity index (χ4n) is 4.07. The van der Waals surface area contributed by atoms with Crippen LogP contribution in [-0.2, 0) is 29.0 Å². The molecule has 0 saturated carbocycles. The van der Waals surface area contributed by atoms with Crippen molar-refractivity contribution in [2.75, 3.05) is 18.1 Å². The maximum atomic E-state index is 13.0. The number of hydrogen-bond acceptors (Lipinski definition) is 6. The molecular formula is C25H23N3O2S3. The van der Waals surface area contributed by atoms with Crippen LogP contribution in [0.2, 0.25) is 0 Å². The van der Waals surface area contributed by atoms with Crippen LogP contribution < -0.4 is 5.32 Å². The summed E-state index contributed by atoms with van der Waals surface area (Å²) in [6, 6.07) is 16.2. The molecule has 5 nitrogen and oxygen atoms in total. The van der Waals surface area contributed by atoms with E-state index < -0.39 is 0 Å². The third-order valence-corrected chi connectivity index (χ3v) is 8.72. The van der Waals surface area contributed by atoms with Crippen molar-refractivity contribution >= 4 is 61.5 Å². The first-order valence-corrected chi connectivity index (χ1v) is 13.6. The Balaban J connectivity index is 1.48. The molecule has 1 aliphatic heterocycles. The Morgan fingerprint density at radius 3 is 2.64 bits per heavy atom. The van der Waals surface area contributed by atoms with Crippen molar-refractivity contribution in [2.24, 2.45) is 0 Å². The minimum Gasteiger partial charge on any atom is -0.337 e. The number of amides is 2. The SMILES string of the molecule is CSc1ccc(CC(=O)Nc2sc3c(c2-c2nc4ccccc4s2)CCN(C(C)=O)C3)cc1. The zero-order valence-electron chi connectivity index (χ0n) is 18.4. The van der Waals surface area contributed by atoms with E-state index in [4.69, 9.17) is 4.98 Å². The number of hydrogen-bond donors (Lipinski definition) is 1. The van der Waals surface area contributed by atoms with Crippen molar-refractivity contribution in [1.29, 1.82) is 0 Å². The average molecular weight is 494 g/mol. The van der Waals surface area contributed by atoms with Gasteiger partial charge in [0.2, 0.25) is 11.8 Å². The number of thioether (sulfide) groups is 1. The topological polar surface area (TPSA) is 62.3 Å². The highest BCUT2D eigenvalue weighted by molar-refractivity contribution is 7.98. The van der Waals surface area contributed by atoms with Gasteiger partial charge in [0.05, 0.1) is 23.2 Å². The van der Waals surface area contributed by atoms with Crippen LogP contribution in [0.5, 0.6) is 0 Å². The van der Waals surface area contributed by atoms with Crippen LogP contribution in [0.15, 0.2) is 53.4 Å². The number of para-hydroxylation sites is 1. The van der Waals surface area contributed by atoms with E-state index in [1.54, 1.807) is 41.4 Å². The molecule has 0 atom stereocenters. The summed E-state index contributed by atoms with van der Waals surface area (Å²) >= 11 is 4.90. The van der Waals surface area contributed by atoms with Crippen LogP contribution in [-0.4, -0.2) is 34.5 Å². The second-order valence-electron chi connectivity index (χ2n) is 7.96. The lowest BCUT2D eigenvalue weighted by Crippen LogP contribution is -2.33. The van der Waals surface area contributed by atoms with Gasteiger partial charge in [0.1, 0.15) is 10.0 Å². The Kier molecular flexibility index (Phi) is 6.23. The molecule has 1 N–H and O–H groups in total. The molecule has 2 amide bonds. The third kappa shape index (κ3) is 4.55. The van der Waals surface area contributed by atoms with Crippen LogP contribution in [0.3, 0.4) is 0 Å². The van der Waals surface area contributed by atoms with E-state index in [1.807, 2.05) is 53.6 Å². The van der Waals surface area contributed by atoms with E-state index in [1.165, 1.54) is 10.5 Å². The largest absolute Gasteiger partial charge is 0.337 e. The summed E-state index contributed by atoms with van der Waals surface area (Å²) < 4.78 is 1.12. The fourth-order valence-corrected chi connectivity index (χ4v) is 6.86. The van der Waals surface area contributed by atoms with Gasteiger partial charge in [0.25, 0.3) is 0 Å².